The standard InChI is InChI=1S/C13H20Si/c1-12(10-11-14(2,3)4)13-8-6-5-7-9-13/h5-10H,11H2,1-4H3/b12-10+. The molecule has 0 aliphatic heterocycles. The van der Waals surface area contributed by atoms with Gasteiger partial charge in [-0.15, -0.1) is 0 Å². The molecule has 0 spiro atoms. The average molecular weight is 204 g/mol. The van der Waals surface area contributed by atoms with Crippen LogP contribution in [0.25, 0.3) is 5.57 Å². The molecule has 0 radical (unpaired) electrons. The van der Waals surface area contributed by atoms with Crippen molar-refractivity contribution in [2.24, 2.45) is 0 Å². The summed E-state index contributed by atoms with van der Waals surface area (Å²) in [6.07, 6.45) is 2.39. The zero-order valence-electron chi connectivity index (χ0n) is 9.67. The Morgan fingerprint density at radius 2 is 1.71 bits per heavy atom. The van der Waals surface area contributed by atoms with Crippen molar-refractivity contribution in [2.45, 2.75) is 32.6 Å². The molecule has 0 aliphatic rings. The van der Waals surface area contributed by atoms with Gasteiger partial charge in [0.15, 0.2) is 0 Å². The van der Waals surface area contributed by atoms with Crippen molar-refractivity contribution in [3.05, 3.63) is 42.0 Å². The fourth-order valence-corrected chi connectivity index (χ4v) is 2.20. The summed E-state index contributed by atoms with van der Waals surface area (Å²) in [5, 5.41) is 0. The largest absolute Gasteiger partial charge is 0.0837 e. The molecular formula is C13H20Si. The van der Waals surface area contributed by atoms with E-state index in [0.29, 0.717) is 0 Å². The van der Waals surface area contributed by atoms with Gasteiger partial charge in [-0.3, -0.25) is 0 Å². The number of allylic oxidation sites excluding steroid dienone is 2. The Bertz CT molecular complexity index is 304. The molecular weight excluding hydrogens is 184 g/mol. The van der Waals surface area contributed by atoms with E-state index in [0.717, 1.165) is 0 Å². The van der Waals surface area contributed by atoms with Crippen LogP contribution in [0, 0.1) is 0 Å². The van der Waals surface area contributed by atoms with Crippen LogP contribution >= 0.6 is 0 Å². The van der Waals surface area contributed by atoms with E-state index in [1.807, 2.05) is 0 Å². The maximum absolute atomic E-state index is 2.40. The summed E-state index contributed by atoms with van der Waals surface area (Å²) in [5.74, 6) is 0. The van der Waals surface area contributed by atoms with Crippen molar-refractivity contribution in [1.82, 2.24) is 0 Å². The minimum Gasteiger partial charge on any atom is -0.0837 e. The average Bonchev–Trinajstić information content (AvgIpc) is 2.14. The van der Waals surface area contributed by atoms with E-state index in [1.165, 1.54) is 17.2 Å². The normalized spacial score (nSPS) is 13.0. The van der Waals surface area contributed by atoms with Crippen molar-refractivity contribution >= 4 is 13.6 Å². The van der Waals surface area contributed by atoms with Gasteiger partial charge in [-0.05, 0) is 24.1 Å². The monoisotopic (exact) mass is 204 g/mol. The lowest BCUT2D eigenvalue weighted by Crippen LogP contribution is -2.17. The molecule has 1 aromatic carbocycles. The smallest absolute Gasteiger partial charge is 0.0480 e. The van der Waals surface area contributed by atoms with Crippen LogP contribution < -0.4 is 0 Å². The second-order valence-corrected chi connectivity index (χ2v) is 10.5. The van der Waals surface area contributed by atoms with Crippen LogP contribution in [0.2, 0.25) is 25.7 Å². The molecule has 0 heterocycles. The van der Waals surface area contributed by atoms with Gasteiger partial charge in [0.05, 0.1) is 0 Å². The molecule has 0 nitrogen and oxygen atoms in total. The summed E-state index contributed by atoms with van der Waals surface area (Å²) in [6, 6.07) is 11.9. The highest BCUT2D eigenvalue weighted by Crippen LogP contribution is 2.17. The molecule has 1 rings (SSSR count). The van der Waals surface area contributed by atoms with E-state index < -0.39 is 8.07 Å². The van der Waals surface area contributed by atoms with Crippen LogP contribution in [0.15, 0.2) is 36.4 Å². The summed E-state index contributed by atoms with van der Waals surface area (Å²) >= 11 is 0. The molecule has 0 atom stereocenters. The van der Waals surface area contributed by atoms with Crippen LogP contribution in [0.3, 0.4) is 0 Å². The first-order valence-corrected chi connectivity index (χ1v) is 8.92. The molecule has 0 fully saturated rings. The summed E-state index contributed by atoms with van der Waals surface area (Å²) in [7, 11) is -0.929. The molecule has 0 N–H and O–H groups in total. The zero-order chi connectivity index (χ0) is 10.6. The summed E-state index contributed by atoms with van der Waals surface area (Å²) < 4.78 is 0. The molecule has 1 aromatic rings. The third kappa shape index (κ3) is 3.92. The quantitative estimate of drug-likeness (QED) is 0.639. The molecule has 0 bridgehead atoms. The molecule has 0 saturated carbocycles. The molecule has 1 heteroatoms. The molecule has 14 heavy (non-hydrogen) atoms. The predicted octanol–water partition coefficient (Wildman–Crippen LogP) is 4.43. The summed E-state index contributed by atoms with van der Waals surface area (Å²) in [5.41, 5.74) is 2.76. The lowest BCUT2D eigenvalue weighted by atomic mass is 10.1. The molecule has 0 aliphatic carbocycles. The fraction of sp³-hybridized carbons (Fsp3) is 0.385. The van der Waals surface area contributed by atoms with Gasteiger partial charge in [-0.25, -0.2) is 0 Å². The van der Waals surface area contributed by atoms with E-state index in [1.54, 1.807) is 0 Å². The predicted molar refractivity (Wildman–Crippen MR) is 68.2 cm³/mol. The van der Waals surface area contributed by atoms with Gasteiger partial charge in [0, 0.05) is 8.07 Å². The first kappa shape index (κ1) is 11.3. The minimum absolute atomic E-state index is 0.929. The first-order valence-electron chi connectivity index (χ1n) is 5.21. The van der Waals surface area contributed by atoms with Crippen molar-refractivity contribution in [3.8, 4) is 0 Å². The van der Waals surface area contributed by atoms with Gasteiger partial charge >= 0.3 is 0 Å². The van der Waals surface area contributed by atoms with Crippen molar-refractivity contribution < 1.29 is 0 Å². The van der Waals surface area contributed by atoms with Crippen LogP contribution in [0.1, 0.15) is 12.5 Å². The Morgan fingerprint density at radius 1 is 1.14 bits per heavy atom. The Hall–Kier alpha value is -0.823. The lowest BCUT2D eigenvalue weighted by molar-refractivity contribution is 1.47. The van der Waals surface area contributed by atoms with Gasteiger partial charge in [-0.1, -0.05) is 56.0 Å². The number of hydrogen-bond acceptors (Lipinski definition) is 0. The Balaban J connectivity index is 2.71. The van der Waals surface area contributed by atoms with E-state index >= 15 is 0 Å². The number of hydrogen-bond donors (Lipinski definition) is 0. The Kier molecular flexibility index (Phi) is 3.70. The highest BCUT2D eigenvalue weighted by molar-refractivity contribution is 6.76. The van der Waals surface area contributed by atoms with Crippen LogP contribution in [0.5, 0.6) is 0 Å². The third-order valence-corrected chi connectivity index (χ3v) is 3.68. The van der Waals surface area contributed by atoms with Crippen LogP contribution in [-0.2, 0) is 0 Å². The summed E-state index contributed by atoms with van der Waals surface area (Å²) in [4.78, 5) is 0. The van der Waals surface area contributed by atoms with Gasteiger partial charge in [0.2, 0.25) is 0 Å². The SMILES string of the molecule is C/C(=C\C[Si](C)(C)C)c1ccccc1. The molecule has 0 unspecified atom stereocenters. The highest BCUT2D eigenvalue weighted by atomic mass is 28.3. The second kappa shape index (κ2) is 4.60. The Morgan fingerprint density at radius 3 is 2.21 bits per heavy atom. The number of benzene rings is 1. The second-order valence-electron chi connectivity index (χ2n) is 5.02. The third-order valence-electron chi connectivity index (χ3n) is 2.25. The minimum atomic E-state index is -0.929. The fourth-order valence-electron chi connectivity index (χ4n) is 1.28. The van der Waals surface area contributed by atoms with Crippen LogP contribution in [-0.4, -0.2) is 8.07 Å². The molecule has 76 valence electrons. The van der Waals surface area contributed by atoms with E-state index in [2.05, 4.69) is 63.0 Å². The Labute approximate surface area is 88.7 Å². The van der Waals surface area contributed by atoms with Gasteiger partial charge in [0.1, 0.15) is 0 Å². The first-order chi connectivity index (χ1) is 6.49. The zero-order valence-corrected chi connectivity index (χ0v) is 10.7. The molecule has 0 aromatic heterocycles. The van der Waals surface area contributed by atoms with Gasteiger partial charge in [-0.2, -0.15) is 0 Å². The molecule has 0 amide bonds. The van der Waals surface area contributed by atoms with Gasteiger partial charge < -0.3 is 0 Å². The van der Waals surface area contributed by atoms with E-state index in [-0.39, 0.29) is 0 Å². The van der Waals surface area contributed by atoms with Gasteiger partial charge in [0.25, 0.3) is 0 Å². The van der Waals surface area contributed by atoms with Crippen molar-refractivity contribution in [1.29, 1.82) is 0 Å². The van der Waals surface area contributed by atoms with Crippen molar-refractivity contribution in [2.75, 3.05) is 0 Å². The van der Waals surface area contributed by atoms with Crippen molar-refractivity contribution in [3.63, 3.8) is 0 Å². The van der Waals surface area contributed by atoms with E-state index in [4.69, 9.17) is 0 Å². The van der Waals surface area contributed by atoms with Crippen LogP contribution in [0.4, 0.5) is 0 Å². The summed E-state index contributed by atoms with van der Waals surface area (Å²) in [6.45, 7) is 9.42. The highest BCUT2D eigenvalue weighted by Gasteiger charge is 2.10. The maximum atomic E-state index is 2.40. The topological polar surface area (TPSA) is 0 Å². The molecule has 0 saturated heterocycles. The lowest BCUT2D eigenvalue weighted by Gasteiger charge is -2.13. The number of rotatable bonds is 3. The van der Waals surface area contributed by atoms with E-state index in [9.17, 15) is 0 Å². The maximum Gasteiger partial charge on any atom is 0.0480 e.